The van der Waals surface area contributed by atoms with Crippen LogP contribution in [0.25, 0.3) is 0 Å². The zero-order valence-corrected chi connectivity index (χ0v) is 12.4. The molecule has 0 aliphatic heterocycles. The number of hydrogen-bond acceptors (Lipinski definition) is 3. The molecule has 0 saturated heterocycles. The second-order valence-corrected chi connectivity index (χ2v) is 5.12. The van der Waals surface area contributed by atoms with Crippen molar-refractivity contribution in [3.8, 4) is 0 Å². The molecule has 0 aliphatic carbocycles. The third kappa shape index (κ3) is 4.40. The number of amides is 1. The molecule has 0 atom stereocenters. The van der Waals surface area contributed by atoms with Gasteiger partial charge in [-0.1, -0.05) is 11.6 Å². The van der Waals surface area contributed by atoms with Crippen LogP contribution in [-0.4, -0.2) is 42.2 Å². The first-order valence-electron chi connectivity index (χ1n) is 6.38. The van der Waals surface area contributed by atoms with E-state index in [4.69, 9.17) is 16.7 Å². The van der Waals surface area contributed by atoms with Gasteiger partial charge in [-0.15, -0.1) is 0 Å². The first kappa shape index (κ1) is 15.8. The van der Waals surface area contributed by atoms with Crippen LogP contribution in [0, 0.1) is 0 Å². The van der Waals surface area contributed by atoms with Crippen LogP contribution < -0.4 is 5.32 Å². The maximum Gasteiger partial charge on any atom is 0.253 e. The number of carbonyl (C=O) groups excluding carboxylic acids is 1. The van der Waals surface area contributed by atoms with Crippen molar-refractivity contribution in [2.75, 3.05) is 25.5 Å². The van der Waals surface area contributed by atoms with Crippen molar-refractivity contribution in [1.29, 1.82) is 0 Å². The average Bonchev–Trinajstić information content (AvgIpc) is 2.39. The first-order chi connectivity index (χ1) is 8.97. The molecular formula is C14H21ClN2O2. The van der Waals surface area contributed by atoms with E-state index in [0.717, 1.165) is 5.69 Å². The molecule has 4 nitrogen and oxygen atoms in total. The van der Waals surface area contributed by atoms with Gasteiger partial charge in [-0.25, -0.2) is 0 Å². The normalized spacial score (nSPS) is 10.6. The van der Waals surface area contributed by atoms with E-state index in [0.29, 0.717) is 23.6 Å². The van der Waals surface area contributed by atoms with E-state index in [-0.39, 0.29) is 18.6 Å². The van der Waals surface area contributed by atoms with Gasteiger partial charge in [0.25, 0.3) is 5.91 Å². The largest absolute Gasteiger partial charge is 0.396 e. The van der Waals surface area contributed by atoms with Gasteiger partial charge in [0, 0.05) is 31.8 Å². The Kier molecular flexibility index (Phi) is 6.12. The van der Waals surface area contributed by atoms with Crippen LogP contribution >= 0.6 is 11.6 Å². The number of nitrogens with one attached hydrogen (secondary N) is 1. The number of nitrogens with zero attached hydrogens (tertiary/aromatic N) is 1. The van der Waals surface area contributed by atoms with Crippen molar-refractivity contribution in [3.63, 3.8) is 0 Å². The molecule has 0 bridgehead atoms. The lowest BCUT2D eigenvalue weighted by Gasteiger charge is -2.22. The number of anilines is 1. The molecule has 106 valence electrons. The zero-order chi connectivity index (χ0) is 14.4. The Balaban J connectivity index is 2.86. The summed E-state index contributed by atoms with van der Waals surface area (Å²) in [7, 11) is 1.78. The predicted octanol–water partition coefficient (Wildman–Crippen LogP) is 2.61. The van der Waals surface area contributed by atoms with Crippen molar-refractivity contribution in [2.24, 2.45) is 0 Å². The van der Waals surface area contributed by atoms with Crippen molar-refractivity contribution in [2.45, 2.75) is 26.3 Å². The SMILES string of the molecule is CC(C)N(C)C(=O)c1ccc(Cl)c(NCCCO)c1. The molecule has 5 heteroatoms. The quantitative estimate of drug-likeness (QED) is 0.790. The molecule has 0 saturated carbocycles. The third-order valence-corrected chi connectivity index (χ3v) is 3.29. The van der Waals surface area contributed by atoms with Crippen molar-refractivity contribution >= 4 is 23.2 Å². The highest BCUT2D eigenvalue weighted by molar-refractivity contribution is 6.33. The fourth-order valence-electron chi connectivity index (χ4n) is 1.53. The summed E-state index contributed by atoms with van der Waals surface area (Å²) in [6.07, 6.45) is 0.639. The average molecular weight is 285 g/mol. The Hall–Kier alpha value is -1.26. The van der Waals surface area contributed by atoms with E-state index >= 15 is 0 Å². The van der Waals surface area contributed by atoms with Gasteiger partial charge in [0.15, 0.2) is 0 Å². The molecule has 0 fully saturated rings. The Bertz CT molecular complexity index is 435. The number of hydrogen-bond donors (Lipinski definition) is 2. The number of rotatable bonds is 6. The highest BCUT2D eigenvalue weighted by atomic mass is 35.5. The number of aliphatic hydroxyl groups excluding tert-OH is 1. The molecule has 0 spiro atoms. The summed E-state index contributed by atoms with van der Waals surface area (Å²) in [6.45, 7) is 4.68. The molecule has 0 heterocycles. The molecule has 1 aromatic carbocycles. The lowest BCUT2D eigenvalue weighted by Crippen LogP contribution is -2.33. The first-order valence-corrected chi connectivity index (χ1v) is 6.76. The summed E-state index contributed by atoms with van der Waals surface area (Å²) < 4.78 is 0. The molecule has 0 radical (unpaired) electrons. The van der Waals surface area contributed by atoms with Crippen LogP contribution in [0.2, 0.25) is 5.02 Å². The number of aliphatic hydroxyl groups is 1. The highest BCUT2D eigenvalue weighted by Gasteiger charge is 2.15. The molecule has 0 unspecified atom stereocenters. The number of halogens is 1. The summed E-state index contributed by atoms with van der Waals surface area (Å²) in [5, 5.41) is 12.4. The van der Waals surface area contributed by atoms with Crippen molar-refractivity contribution < 1.29 is 9.90 Å². The van der Waals surface area contributed by atoms with Crippen LogP contribution in [0.4, 0.5) is 5.69 Å². The Morgan fingerprint density at radius 1 is 1.47 bits per heavy atom. The van der Waals surface area contributed by atoms with E-state index in [2.05, 4.69) is 5.32 Å². The predicted molar refractivity (Wildman–Crippen MR) is 78.9 cm³/mol. The number of carbonyl (C=O) groups is 1. The van der Waals surface area contributed by atoms with E-state index in [1.54, 1.807) is 30.1 Å². The lowest BCUT2D eigenvalue weighted by molar-refractivity contribution is 0.0755. The summed E-state index contributed by atoms with van der Waals surface area (Å²) in [6, 6.07) is 5.33. The Morgan fingerprint density at radius 2 is 2.16 bits per heavy atom. The highest BCUT2D eigenvalue weighted by Crippen LogP contribution is 2.23. The van der Waals surface area contributed by atoms with Gasteiger partial charge in [0.1, 0.15) is 0 Å². The smallest absolute Gasteiger partial charge is 0.253 e. The van der Waals surface area contributed by atoms with Gasteiger partial charge < -0.3 is 15.3 Å². The van der Waals surface area contributed by atoms with Gasteiger partial charge >= 0.3 is 0 Å². The van der Waals surface area contributed by atoms with E-state index < -0.39 is 0 Å². The minimum atomic E-state index is -0.0307. The molecule has 0 aromatic heterocycles. The fourth-order valence-corrected chi connectivity index (χ4v) is 1.72. The lowest BCUT2D eigenvalue weighted by atomic mass is 10.1. The Morgan fingerprint density at radius 3 is 2.74 bits per heavy atom. The zero-order valence-electron chi connectivity index (χ0n) is 11.6. The van der Waals surface area contributed by atoms with Crippen LogP contribution in [0.1, 0.15) is 30.6 Å². The van der Waals surface area contributed by atoms with Gasteiger partial charge in [-0.3, -0.25) is 4.79 Å². The van der Waals surface area contributed by atoms with Crippen molar-refractivity contribution in [3.05, 3.63) is 28.8 Å². The van der Waals surface area contributed by atoms with Crippen molar-refractivity contribution in [1.82, 2.24) is 4.90 Å². The van der Waals surface area contributed by atoms with E-state index in [1.165, 1.54) is 0 Å². The monoisotopic (exact) mass is 284 g/mol. The maximum atomic E-state index is 12.2. The number of benzene rings is 1. The topological polar surface area (TPSA) is 52.6 Å². The van der Waals surface area contributed by atoms with Crippen LogP contribution in [-0.2, 0) is 0 Å². The summed E-state index contributed by atoms with van der Waals surface area (Å²) >= 11 is 6.07. The van der Waals surface area contributed by atoms with Gasteiger partial charge in [0.2, 0.25) is 0 Å². The standard InChI is InChI=1S/C14H21ClN2O2/c1-10(2)17(3)14(19)11-5-6-12(15)13(9-11)16-7-4-8-18/h5-6,9-10,16,18H,4,7-8H2,1-3H3. The summed E-state index contributed by atoms with van der Waals surface area (Å²) in [5.41, 5.74) is 1.32. The maximum absolute atomic E-state index is 12.2. The minimum Gasteiger partial charge on any atom is -0.396 e. The van der Waals surface area contributed by atoms with E-state index in [1.807, 2.05) is 13.8 Å². The van der Waals surface area contributed by atoms with Crippen LogP contribution in [0.5, 0.6) is 0 Å². The van der Waals surface area contributed by atoms with Gasteiger partial charge in [-0.2, -0.15) is 0 Å². The molecular weight excluding hydrogens is 264 g/mol. The van der Waals surface area contributed by atoms with Gasteiger partial charge in [0.05, 0.1) is 10.7 Å². The van der Waals surface area contributed by atoms with E-state index in [9.17, 15) is 4.79 Å². The second kappa shape index (κ2) is 7.36. The molecule has 19 heavy (non-hydrogen) atoms. The second-order valence-electron chi connectivity index (χ2n) is 4.71. The third-order valence-electron chi connectivity index (χ3n) is 2.96. The summed E-state index contributed by atoms with van der Waals surface area (Å²) in [5.74, 6) is -0.0307. The molecule has 1 amide bonds. The summed E-state index contributed by atoms with van der Waals surface area (Å²) in [4.78, 5) is 13.9. The minimum absolute atomic E-state index is 0.0307. The molecule has 1 aromatic rings. The van der Waals surface area contributed by atoms with Crippen LogP contribution in [0.15, 0.2) is 18.2 Å². The fraction of sp³-hybridized carbons (Fsp3) is 0.500. The molecule has 1 rings (SSSR count). The van der Waals surface area contributed by atoms with Crippen LogP contribution in [0.3, 0.4) is 0 Å². The Labute approximate surface area is 119 Å². The van der Waals surface area contributed by atoms with Gasteiger partial charge in [-0.05, 0) is 38.5 Å². The molecule has 0 aliphatic rings. The molecule has 2 N–H and O–H groups in total.